The number of imidazole rings is 1. The molecule has 2 aromatic heterocycles. The zero-order valence-corrected chi connectivity index (χ0v) is 22.0. The molecule has 0 unspecified atom stereocenters. The van der Waals surface area contributed by atoms with Gasteiger partial charge in [-0.25, -0.2) is 9.50 Å². The Morgan fingerprint density at radius 1 is 1.19 bits per heavy atom. The Balaban J connectivity index is 1.60. The lowest BCUT2D eigenvalue weighted by atomic mass is 10.1. The maximum atomic E-state index is 13.0. The summed E-state index contributed by atoms with van der Waals surface area (Å²) >= 11 is 0. The van der Waals surface area contributed by atoms with Gasteiger partial charge in [-0.2, -0.15) is 0 Å². The molecule has 0 spiro atoms. The highest BCUT2D eigenvalue weighted by atomic mass is 16.5. The Hall–Kier alpha value is -3.24. The second kappa shape index (κ2) is 11.2. The SMILES string of the molecule is CCCc1nc(C)c2c(=O)[nH]c(-c3cc(CN(C)CC(=O)N4CCN(C)CC4)ccc3OCC)nn12. The molecule has 1 amide bonds. The Kier molecular flexibility index (Phi) is 8.05. The quantitative estimate of drug-likeness (QED) is 0.484. The highest BCUT2D eigenvalue weighted by Crippen LogP contribution is 2.29. The third kappa shape index (κ3) is 5.60. The van der Waals surface area contributed by atoms with Crippen molar-refractivity contribution in [2.45, 2.75) is 40.2 Å². The second-order valence-electron chi connectivity index (χ2n) is 9.55. The van der Waals surface area contributed by atoms with Gasteiger partial charge in [0.15, 0.2) is 11.3 Å². The van der Waals surface area contributed by atoms with Gasteiger partial charge in [0.1, 0.15) is 11.6 Å². The highest BCUT2D eigenvalue weighted by Gasteiger charge is 2.21. The molecule has 0 saturated carbocycles. The van der Waals surface area contributed by atoms with Gasteiger partial charge in [0.25, 0.3) is 5.56 Å². The molecule has 3 aromatic rings. The first-order chi connectivity index (χ1) is 17.3. The number of fused-ring (bicyclic) bond motifs is 1. The van der Waals surface area contributed by atoms with Crippen molar-refractivity contribution in [2.75, 3.05) is 53.4 Å². The smallest absolute Gasteiger partial charge is 0.277 e. The summed E-state index contributed by atoms with van der Waals surface area (Å²) in [6.45, 7) is 10.6. The highest BCUT2D eigenvalue weighted by molar-refractivity contribution is 5.78. The number of piperazine rings is 1. The summed E-state index contributed by atoms with van der Waals surface area (Å²) < 4.78 is 7.54. The van der Waals surface area contributed by atoms with Crippen molar-refractivity contribution in [3.63, 3.8) is 0 Å². The molecule has 0 aliphatic carbocycles. The predicted molar refractivity (Wildman–Crippen MR) is 139 cm³/mol. The van der Waals surface area contributed by atoms with Crippen LogP contribution < -0.4 is 10.3 Å². The van der Waals surface area contributed by atoms with E-state index in [2.05, 4.69) is 28.8 Å². The summed E-state index contributed by atoms with van der Waals surface area (Å²) in [6.07, 6.45) is 1.64. The van der Waals surface area contributed by atoms with E-state index in [0.717, 1.165) is 50.4 Å². The van der Waals surface area contributed by atoms with E-state index in [1.54, 1.807) is 4.52 Å². The van der Waals surface area contributed by atoms with Crippen LogP contribution >= 0.6 is 0 Å². The molecular formula is C26H37N7O3. The molecule has 194 valence electrons. The Morgan fingerprint density at radius 3 is 2.64 bits per heavy atom. The third-order valence-corrected chi connectivity index (χ3v) is 6.53. The lowest BCUT2D eigenvalue weighted by Crippen LogP contribution is -2.49. The predicted octanol–water partition coefficient (Wildman–Crippen LogP) is 1.95. The van der Waals surface area contributed by atoms with Gasteiger partial charge < -0.3 is 19.5 Å². The number of carbonyl (C=O) groups is 1. The van der Waals surface area contributed by atoms with E-state index in [-0.39, 0.29) is 11.5 Å². The van der Waals surface area contributed by atoms with Gasteiger partial charge in [0.2, 0.25) is 5.91 Å². The molecule has 0 radical (unpaired) electrons. The van der Waals surface area contributed by atoms with Crippen molar-refractivity contribution in [3.05, 3.63) is 45.6 Å². The van der Waals surface area contributed by atoms with E-state index in [1.807, 2.05) is 48.9 Å². The molecule has 1 aliphatic heterocycles. The Morgan fingerprint density at radius 2 is 1.94 bits per heavy atom. The summed E-state index contributed by atoms with van der Waals surface area (Å²) in [7, 11) is 4.03. The van der Waals surface area contributed by atoms with E-state index in [9.17, 15) is 9.59 Å². The normalized spacial score (nSPS) is 14.7. The van der Waals surface area contributed by atoms with Gasteiger partial charge in [-0.05, 0) is 52.1 Å². The average Bonchev–Trinajstić information content (AvgIpc) is 3.16. The van der Waals surface area contributed by atoms with Crippen molar-refractivity contribution in [1.82, 2.24) is 34.3 Å². The van der Waals surface area contributed by atoms with Crippen LogP contribution in [0.1, 0.15) is 37.4 Å². The van der Waals surface area contributed by atoms with E-state index >= 15 is 0 Å². The zero-order valence-electron chi connectivity index (χ0n) is 22.0. The molecule has 1 saturated heterocycles. The lowest BCUT2D eigenvalue weighted by Gasteiger charge is -2.33. The maximum absolute atomic E-state index is 13.0. The molecule has 1 N–H and O–H groups in total. The molecule has 1 aliphatic rings. The number of amides is 1. The summed E-state index contributed by atoms with van der Waals surface area (Å²) in [6, 6.07) is 5.88. The number of aryl methyl sites for hydroxylation is 2. The molecule has 36 heavy (non-hydrogen) atoms. The zero-order chi connectivity index (χ0) is 25.8. The van der Waals surface area contributed by atoms with Crippen LogP contribution in [0.25, 0.3) is 16.9 Å². The fraction of sp³-hybridized carbons (Fsp3) is 0.538. The number of aromatic amines is 1. The minimum Gasteiger partial charge on any atom is -0.493 e. The van der Waals surface area contributed by atoms with Crippen LogP contribution in [0.2, 0.25) is 0 Å². The van der Waals surface area contributed by atoms with Gasteiger partial charge >= 0.3 is 0 Å². The van der Waals surface area contributed by atoms with Crippen LogP contribution in [-0.4, -0.2) is 93.6 Å². The fourth-order valence-corrected chi connectivity index (χ4v) is 4.64. The van der Waals surface area contributed by atoms with Crippen molar-refractivity contribution in [2.24, 2.45) is 0 Å². The number of nitrogens with zero attached hydrogens (tertiary/aromatic N) is 6. The lowest BCUT2D eigenvalue weighted by molar-refractivity contribution is -0.133. The molecule has 0 bridgehead atoms. The number of likely N-dealkylation sites (N-methyl/N-ethyl adjacent to an activating group) is 2. The van der Waals surface area contributed by atoms with Crippen LogP contribution in [0.3, 0.4) is 0 Å². The molecular weight excluding hydrogens is 458 g/mol. The molecule has 0 atom stereocenters. The van der Waals surface area contributed by atoms with Crippen molar-refractivity contribution in [3.8, 4) is 17.1 Å². The van der Waals surface area contributed by atoms with E-state index in [4.69, 9.17) is 9.84 Å². The molecule has 4 rings (SSSR count). The average molecular weight is 496 g/mol. The minimum absolute atomic E-state index is 0.145. The Labute approximate surface area is 211 Å². The summed E-state index contributed by atoms with van der Waals surface area (Å²) in [5.74, 6) is 2.00. The van der Waals surface area contributed by atoms with Crippen LogP contribution in [0.15, 0.2) is 23.0 Å². The van der Waals surface area contributed by atoms with Gasteiger partial charge in [-0.3, -0.25) is 14.5 Å². The largest absolute Gasteiger partial charge is 0.493 e. The summed E-state index contributed by atoms with van der Waals surface area (Å²) in [4.78, 5) is 39.4. The standard InChI is InChI=1S/C26H37N7O3/c1-6-8-22-27-18(3)24-26(35)28-25(29-33(22)24)20-15-19(9-10-21(20)36-7-2)16-31(5)17-23(34)32-13-11-30(4)12-14-32/h9-10,15H,6-8,11-14,16-17H2,1-5H3,(H,28,29,35). The van der Waals surface area contributed by atoms with E-state index in [1.165, 1.54) is 0 Å². The molecule has 3 heterocycles. The summed E-state index contributed by atoms with van der Waals surface area (Å²) in [5.41, 5.74) is 2.62. The first-order valence-electron chi connectivity index (χ1n) is 12.7. The van der Waals surface area contributed by atoms with E-state index in [0.29, 0.717) is 48.0 Å². The number of rotatable bonds is 9. The topological polar surface area (TPSA) is 99.1 Å². The van der Waals surface area contributed by atoms with Gasteiger partial charge in [0, 0.05) is 39.1 Å². The fourth-order valence-electron chi connectivity index (χ4n) is 4.64. The molecule has 10 heteroatoms. The third-order valence-electron chi connectivity index (χ3n) is 6.53. The van der Waals surface area contributed by atoms with Crippen LogP contribution in [0.5, 0.6) is 5.75 Å². The molecule has 1 aromatic carbocycles. The molecule has 1 fully saturated rings. The number of H-pyrrole nitrogens is 1. The molecule has 10 nitrogen and oxygen atoms in total. The Bertz CT molecular complexity index is 1270. The van der Waals surface area contributed by atoms with Gasteiger partial charge in [0.05, 0.1) is 24.4 Å². The van der Waals surface area contributed by atoms with Crippen LogP contribution in [-0.2, 0) is 17.8 Å². The van der Waals surface area contributed by atoms with Crippen molar-refractivity contribution < 1.29 is 9.53 Å². The number of hydrogen-bond acceptors (Lipinski definition) is 7. The van der Waals surface area contributed by atoms with E-state index < -0.39 is 0 Å². The van der Waals surface area contributed by atoms with Gasteiger partial charge in [-0.1, -0.05) is 13.0 Å². The number of hydrogen-bond donors (Lipinski definition) is 1. The number of aromatic nitrogens is 4. The monoisotopic (exact) mass is 495 g/mol. The first-order valence-corrected chi connectivity index (χ1v) is 12.7. The van der Waals surface area contributed by atoms with Crippen LogP contribution in [0.4, 0.5) is 0 Å². The van der Waals surface area contributed by atoms with Crippen molar-refractivity contribution >= 4 is 11.4 Å². The number of carbonyl (C=O) groups excluding carboxylic acids is 1. The number of benzene rings is 1. The van der Waals surface area contributed by atoms with Gasteiger partial charge in [-0.15, -0.1) is 5.10 Å². The summed E-state index contributed by atoms with van der Waals surface area (Å²) in [5, 5.41) is 4.76. The minimum atomic E-state index is -0.227. The first kappa shape index (κ1) is 25.8. The second-order valence-corrected chi connectivity index (χ2v) is 9.55. The maximum Gasteiger partial charge on any atom is 0.277 e. The number of ether oxygens (including phenoxy) is 1. The number of nitrogens with one attached hydrogen (secondary N) is 1. The van der Waals surface area contributed by atoms with Crippen molar-refractivity contribution in [1.29, 1.82) is 0 Å². The van der Waals surface area contributed by atoms with Crippen LogP contribution in [0, 0.1) is 6.92 Å².